The molecular weight excluding hydrogens is 556 g/mol. The average molecular weight is 586 g/mol. The van der Waals surface area contributed by atoms with Gasteiger partial charge in [-0.25, -0.2) is 8.78 Å². The smallest absolute Gasteiger partial charge is 0.255 e. The molecule has 3 aromatic rings. The van der Waals surface area contributed by atoms with Crippen molar-refractivity contribution in [3.8, 4) is 11.8 Å². The molecule has 2 saturated heterocycles. The SMILES string of the molecule is N#Cc1ccc(N2CCN(Cc3ccc(COc4cccc5c4CN(C4CCC(=O)NC4=O)C5=O)cc3F)CC2)c(F)c1. The van der Waals surface area contributed by atoms with Crippen LogP contribution in [0.5, 0.6) is 5.75 Å². The van der Waals surface area contributed by atoms with E-state index in [0.29, 0.717) is 66.4 Å². The molecule has 6 rings (SSSR count). The van der Waals surface area contributed by atoms with E-state index >= 15 is 4.39 Å². The van der Waals surface area contributed by atoms with Gasteiger partial charge in [-0.1, -0.05) is 18.2 Å². The van der Waals surface area contributed by atoms with Crippen LogP contribution >= 0.6 is 0 Å². The standard InChI is InChI=1S/C32H29F2N5O4/c33-25-15-21(4-6-22(25)17-37-10-12-38(13-11-37)27-7-5-20(16-35)14-26(27)34)19-43-29-3-1-2-23-24(29)18-39(32(23)42)28-8-9-30(40)36-31(28)41/h1-7,14-15,28H,8-13,17-19H2,(H,36,40,41). The fourth-order valence-corrected chi connectivity index (χ4v) is 5.88. The molecule has 0 aliphatic carbocycles. The lowest BCUT2D eigenvalue weighted by Gasteiger charge is -2.36. The van der Waals surface area contributed by atoms with Crippen LogP contribution in [0.4, 0.5) is 14.5 Å². The minimum atomic E-state index is -0.716. The predicted molar refractivity (Wildman–Crippen MR) is 152 cm³/mol. The molecule has 2 fully saturated rings. The Labute approximate surface area is 247 Å². The van der Waals surface area contributed by atoms with Crippen LogP contribution in [0.1, 0.15) is 45.5 Å². The molecule has 3 aromatic carbocycles. The number of nitrogens with one attached hydrogen (secondary N) is 1. The van der Waals surface area contributed by atoms with E-state index in [9.17, 15) is 18.8 Å². The number of imide groups is 1. The molecule has 1 atom stereocenters. The molecule has 11 heteroatoms. The Balaban J connectivity index is 1.05. The van der Waals surface area contributed by atoms with Crippen molar-refractivity contribution >= 4 is 23.4 Å². The highest BCUT2D eigenvalue weighted by molar-refractivity contribution is 6.05. The van der Waals surface area contributed by atoms with E-state index in [1.165, 1.54) is 17.0 Å². The summed E-state index contributed by atoms with van der Waals surface area (Å²) in [5.41, 5.74) is 3.04. The lowest BCUT2D eigenvalue weighted by Crippen LogP contribution is -2.52. The Morgan fingerprint density at radius 1 is 0.977 bits per heavy atom. The molecule has 1 unspecified atom stereocenters. The third-order valence-corrected chi connectivity index (χ3v) is 8.23. The van der Waals surface area contributed by atoms with Gasteiger partial charge in [-0.05, 0) is 48.4 Å². The molecular formula is C32H29F2N5O4. The van der Waals surface area contributed by atoms with Crippen molar-refractivity contribution in [2.24, 2.45) is 0 Å². The average Bonchev–Trinajstić information content (AvgIpc) is 3.34. The van der Waals surface area contributed by atoms with E-state index in [-0.39, 0.29) is 49.2 Å². The number of fused-ring (bicyclic) bond motifs is 1. The summed E-state index contributed by atoms with van der Waals surface area (Å²) in [6.45, 7) is 3.14. The number of rotatable bonds is 7. The van der Waals surface area contributed by atoms with Crippen LogP contribution in [-0.2, 0) is 29.3 Å². The molecule has 1 N–H and O–H groups in total. The highest BCUT2D eigenvalue weighted by Crippen LogP contribution is 2.34. The molecule has 3 aliphatic heterocycles. The van der Waals surface area contributed by atoms with Crippen LogP contribution < -0.4 is 15.0 Å². The summed E-state index contributed by atoms with van der Waals surface area (Å²) in [5, 5.41) is 11.3. The summed E-state index contributed by atoms with van der Waals surface area (Å²) in [6, 6.07) is 15.8. The van der Waals surface area contributed by atoms with Crippen LogP contribution in [0, 0.1) is 23.0 Å². The Kier molecular flexibility index (Phi) is 7.78. The normalized spacial score (nSPS) is 18.8. The van der Waals surface area contributed by atoms with Crippen molar-refractivity contribution in [2.75, 3.05) is 31.1 Å². The van der Waals surface area contributed by atoms with Crippen molar-refractivity contribution in [3.05, 3.63) is 94.0 Å². The Bertz CT molecular complexity index is 1650. The lowest BCUT2D eigenvalue weighted by molar-refractivity contribution is -0.136. The molecule has 43 heavy (non-hydrogen) atoms. The number of carbonyl (C=O) groups excluding carboxylic acids is 3. The van der Waals surface area contributed by atoms with E-state index in [1.807, 2.05) is 17.0 Å². The zero-order valence-corrected chi connectivity index (χ0v) is 23.3. The summed E-state index contributed by atoms with van der Waals surface area (Å²) in [6.07, 6.45) is 0.452. The molecule has 3 aliphatic rings. The third kappa shape index (κ3) is 5.79. The second-order valence-electron chi connectivity index (χ2n) is 10.9. The van der Waals surface area contributed by atoms with Gasteiger partial charge < -0.3 is 14.5 Å². The molecule has 220 valence electrons. The minimum absolute atomic E-state index is 0.0924. The van der Waals surface area contributed by atoms with Gasteiger partial charge in [0.1, 0.15) is 30.0 Å². The number of ether oxygens (including phenoxy) is 1. The van der Waals surface area contributed by atoms with Crippen LogP contribution in [-0.4, -0.2) is 59.7 Å². The Morgan fingerprint density at radius 3 is 2.51 bits per heavy atom. The van der Waals surface area contributed by atoms with E-state index in [4.69, 9.17) is 10.00 Å². The monoisotopic (exact) mass is 585 g/mol. The first kappa shape index (κ1) is 28.3. The fourth-order valence-electron chi connectivity index (χ4n) is 5.88. The maximum atomic E-state index is 15.1. The van der Waals surface area contributed by atoms with Gasteiger partial charge in [-0.15, -0.1) is 0 Å². The maximum absolute atomic E-state index is 15.1. The summed E-state index contributed by atoms with van der Waals surface area (Å²) < 4.78 is 35.6. The first-order valence-electron chi connectivity index (χ1n) is 14.1. The molecule has 0 bridgehead atoms. The second-order valence-corrected chi connectivity index (χ2v) is 10.9. The van der Waals surface area contributed by atoms with Gasteiger partial charge in [0.25, 0.3) is 5.91 Å². The maximum Gasteiger partial charge on any atom is 0.255 e. The van der Waals surface area contributed by atoms with E-state index in [0.717, 1.165) is 0 Å². The number of piperazine rings is 1. The molecule has 9 nitrogen and oxygen atoms in total. The highest BCUT2D eigenvalue weighted by atomic mass is 19.1. The number of hydrogen-bond donors (Lipinski definition) is 1. The Morgan fingerprint density at radius 2 is 1.79 bits per heavy atom. The summed E-state index contributed by atoms with van der Waals surface area (Å²) in [4.78, 5) is 42.5. The molecule has 3 heterocycles. The highest BCUT2D eigenvalue weighted by Gasteiger charge is 2.40. The van der Waals surface area contributed by atoms with Crippen molar-refractivity contribution in [1.82, 2.24) is 15.1 Å². The van der Waals surface area contributed by atoms with Gasteiger partial charge in [-0.3, -0.25) is 24.6 Å². The van der Waals surface area contributed by atoms with Crippen LogP contribution in [0.3, 0.4) is 0 Å². The largest absolute Gasteiger partial charge is 0.489 e. The first-order valence-corrected chi connectivity index (χ1v) is 14.1. The number of halogens is 2. The zero-order chi connectivity index (χ0) is 30.1. The van der Waals surface area contributed by atoms with Crippen LogP contribution in [0.15, 0.2) is 54.6 Å². The van der Waals surface area contributed by atoms with Crippen molar-refractivity contribution in [3.63, 3.8) is 0 Å². The summed E-state index contributed by atoms with van der Waals surface area (Å²) >= 11 is 0. The summed E-state index contributed by atoms with van der Waals surface area (Å²) in [5.74, 6) is -1.38. The summed E-state index contributed by atoms with van der Waals surface area (Å²) in [7, 11) is 0. The van der Waals surface area contributed by atoms with Crippen molar-refractivity contribution in [1.29, 1.82) is 5.26 Å². The number of benzene rings is 3. The fraction of sp³-hybridized carbons (Fsp3) is 0.312. The van der Waals surface area contributed by atoms with E-state index in [1.54, 1.807) is 36.4 Å². The second kappa shape index (κ2) is 11.8. The van der Waals surface area contributed by atoms with E-state index < -0.39 is 17.8 Å². The van der Waals surface area contributed by atoms with Crippen molar-refractivity contribution in [2.45, 2.75) is 38.6 Å². The molecule has 0 saturated carbocycles. The van der Waals surface area contributed by atoms with Crippen LogP contribution in [0.25, 0.3) is 0 Å². The molecule has 0 aromatic heterocycles. The van der Waals surface area contributed by atoms with Crippen LogP contribution in [0.2, 0.25) is 0 Å². The van der Waals surface area contributed by atoms with Gasteiger partial charge in [0.15, 0.2) is 0 Å². The quantitative estimate of drug-likeness (QED) is 0.423. The predicted octanol–water partition coefficient (Wildman–Crippen LogP) is 3.50. The van der Waals surface area contributed by atoms with Gasteiger partial charge in [0.2, 0.25) is 11.8 Å². The zero-order valence-electron chi connectivity index (χ0n) is 23.3. The number of nitrogens with zero attached hydrogens (tertiary/aromatic N) is 4. The number of hydrogen-bond acceptors (Lipinski definition) is 7. The lowest BCUT2D eigenvalue weighted by atomic mass is 10.0. The number of piperidine rings is 1. The van der Waals surface area contributed by atoms with Gasteiger partial charge in [-0.2, -0.15) is 5.26 Å². The first-order chi connectivity index (χ1) is 20.8. The number of carbonyl (C=O) groups is 3. The van der Waals surface area contributed by atoms with Gasteiger partial charge in [0, 0.05) is 55.8 Å². The van der Waals surface area contributed by atoms with Gasteiger partial charge >= 0.3 is 0 Å². The third-order valence-electron chi connectivity index (χ3n) is 8.23. The Hall–Kier alpha value is -4.82. The van der Waals surface area contributed by atoms with Gasteiger partial charge in [0.05, 0.1) is 23.9 Å². The molecule has 3 amide bonds. The molecule has 0 spiro atoms. The van der Waals surface area contributed by atoms with E-state index in [2.05, 4.69) is 10.2 Å². The minimum Gasteiger partial charge on any atom is -0.489 e. The van der Waals surface area contributed by atoms with Crippen molar-refractivity contribution < 1.29 is 27.9 Å². The number of nitriles is 1. The number of amides is 3. The number of anilines is 1. The molecule has 0 radical (unpaired) electrons. The topological polar surface area (TPSA) is 106 Å².